The van der Waals surface area contributed by atoms with Gasteiger partial charge in [0.25, 0.3) is 0 Å². The highest BCUT2D eigenvalue weighted by Crippen LogP contribution is 2.25. The molecule has 0 aliphatic heterocycles. The highest BCUT2D eigenvalue weighted by Gasteiger charge is 2.22. The minimum absolute atomic E-state index is 0.293. The van der Waals surface area contributed by atoms with Crippen LogP contribution in [0.25, 0.3) is 10.9 Å². The van der Waals surface area contributed by atoms with Gasteiger partial charge in [-0.05, 0) is 19.1 Å². The molecule has 0 saturated carbocycles. The highest BCUT2D eigenvalue weighted by molar-refractivity contribution is 5.84. The van der Waals surface area contributed by atoms with Gasteiger partial charge >= 0.3 is 0 Å². The van der Waals surface area contributed by atoms with Gasteiger partial charge in [0.2, 0.25) is 5.88 Å². The average molecular weight is 230 g/mol. The maximum absolute atomic E-state index is 8.94. The maximum atomic E-state index is 8.94. The van der Waals surface area contributed by atoms with Gasteiger partial charge in [-0.3, -0.25) is 0 Å². The van der Waals surface area contributed by atoms with E-state index in [1.54, 1.807) is 18.7 Å². The van der Waals surface area contributed by atoms with Crippen LogP contribution in [0.3, 0.4) is 0 Å². The zero-order chi connectivity index (χ0) is 12.5. The van der Waals surface area contributed by atoms with Crippen LogP contribution in [0, 0.1) is 11.3 Å². The fraction of sp³-hybridized carbons (Fsp3) is 0.333. The molecule has 1 atom stereocenters. The molecule has 2 aromatic rings. The third kappa shape index (κ3) is 2.08. The average Bonchev–Trinajstić information content (AvgIpc) is 2.65. The van der Waals surface area contributed by atoms with Crippen LogP contribution in [-0.2, 0) is 6.54 Å². The molecule has 0 amide bonds. The van der Waals surface area contributed by atoms with Crippen LogP contribution in [0.15, 0.2) is 24.3 Å². The molecule has 2 rings (SSSR count). The van der Waals surface area contributed by atoms with Crippen molar-refractivity contribution in [2.75, 3.05) is 7.11 Å². The summed E-state index contributed by atoms with van der Waals surface area (Å²) in [6, 6.07) is 9.70. The summed E-state index contributed by atoms with van der Waals surface area (Å²) in [6.07, 6.45) is 0. The summed E-state index contributed by atoms with van der Waals surface area (Å²) in [6.45, 7) is 1.96. The smallest absolute Gasteiger partial charge is 0.219 e. The number of aromatic nitrogens is 2. The Morgan fingerprint density at radius 3 is 2.88 bits per heavy atom. The number of nitrogens with zero attached hydrogens (tertiary/aromatic N) is 3. The molecule has 2 N–H and O–H groups in total. The first kappa shape index (κ1) is 11.4. The fourth-order valence-electron chi connectivity index (χ4n) is 1.73. The van der Waals surface area contributed by atoms with E-state index in [1.165, 1.54) is 0 Å². The SMILES string of the molecule is COc1c2ccccc2nn1C[C@](C)(N)C#N. The van der Waals surface area contributed by atoms with E-state index in [4.69, 9.17) is 15.7 Å². The molecular weight excluding hydrogens is 216 g/mol. The molecule has 0 bridgehead atoms. The summed E-state index contributed by atoms with van der Waals surface area (Å²) in [7, 11) is 1.58. The third-order valence-electron chi connectivity index (χ3n) is 2.52. The van der Waals surface area contributed by atoms with Crippen molar-refractivity contribution in [2.45, 2.75) is 19.0 Å². The minimum Gasteiger partial charge on any atom is -0.481 e. The zero-order valence-electron chi connectivity index (χ0n) is 9.84. The van der Waals surface area contributed by atoms with E-state index in [9.17, 15) is 0 Å². The van der Waals surface area contributed by atoms with Crippen LogP contribution in [-0.4, -0.2) is 22.4 Å². The molecule has 0 saturated heterocycles. The monoisotopic (exact) mass is 230 g/mol. The first-order valence-electron chi connectivity index (χ1n) is 5.27. The summed E-state index contributed by atoms with van der Waals surface area (Å²) in [5, 5.41) is 14.2. The maximum Gasteiger partial charge on any atom is 0.219 e. The van der Waals surface area contributed by atoms with E-state index < -0.39 is 5.54 Å². The van der Waals surface area contributed by atoms with E-state index in [1.807, 2.05) is 30.3 Å². The summed E-state index contributed by atoms with van der Waals surface area (Å²) in [5.41, 5.74) is 5.68. The predicted octanol–water partition coefficient (Wildman–Crippen LogP) is 1.29. The van der Waals surface area contributed by atoms with Crippen LogP contribution in [0.2, 0.25) is 0 Å². The molecule has 1 heterocycles. The number of hydrogen-bond donors (Lipinski definition) is 1. The summed E-state index contributed by atoms with van der Waals surface area (Å²) >= 11 is 0. The molecule has 0 unspecified atom stereocenters. The lowest BCUT2D eigenvalue weighted by Crippen LogP contribution is -2.39. The number of hydrogen-bond acceptors (Lipinski definition) is 4. The second kappa shape index (κ2) is 4.07. The van der Waals surface area contributed by atoms with E-state index >= 15 is 0 Å². The minimum atomic E-state index is -0.963. The van der Waals surface area contributed by atoms with Crippen LogP contribution < -0.4 is 10.5 Å². The number of nitriles is 1. The van der Waals surface area contributed by atoms with Gasteiger partial charge in [0.05, 0.1) is 30.6 Å². The van der Waals surface area contributed by atoms with Crippen molar-refractivity contribution in [1.82, 2.24) is 9.78 Å². The second-order valence-electron chi connectivity index (χ2n) is 4.21. The van der Waals surface area contributed by atoms with Crippen molar-refractivity contribution in [1.29, 1.82) is 5.26 Å². The topological polar surface area (TPSA) is 76.9 Å². The molecule has 5 heteroatoms. The van der Waals surface area contributed by atoms with E-state index in [2.05, 4.69) is 5.10 Å². The van der Waals surface area contributed by atoms with Crippen LogP contribution in [0.5, 0.6) is 5.88 Å². The van der Waals surface area contributed by atoms with Crippen molar-refractivity contribution in [3.8, 4) is 11.9 Å². The van der Waals surface area contributed by atoms with Crippen molar-refractivity contribution >= 4 is 10.9 Å². The van der Waals surface area contributed by atoms with Gasteiger partial charge in [-0.2, -0.15) is 10.4 Å². The highest BCUT2D eigenvalue weighted by atomic mass is 16.5. The third-order valence-corrected chi connectivity index (χ3v) is 2.52. The quantitative estimate of drug-likeness (QED) is 0.861. The van der Waals surface area contributed by atoms with Crippen molar-refractivity contribution in [3.05, 3.63) is 24.3 Å². The summed E-state index contributed by atoms with van der Waals surface area (Å²) in [4.78, 5) is 0. The Hall–Kier alpha value is -2.06. The summed E-state index contributed by atoms with van der Waals surface area (Å²) in [5.74, 6) is 0.632. The number of rotatable bonds is 3. The molecule has 0 aliphatic rings. The molecule has 1 aromatic heterocycles. The van der Waals surface area contributed by atoms with E-state index in [0.29, 0.717) is 12.4 Å². The molecule has 88 valence electrons. The molecular formula is C12H14N4O. The Morgan fingerprint density at radius 2 is 2.24 bits per heavy atom. The molecule has 0 spiro atoms. The predicted molar refractivity (Wildman–Crippen MR) is 64.5 cm³/mol. The molecule has 1 aromatic carbocycles. The molecule has 17 heavy (non-hydrogen) atoms. The zero-order valence-corrected chi connectivity index (χ0v) is 9.84. The van der Waals surface area contributed by atoms with Gasteiger partial charge in [0.15, 0.2) is 0 Å². The normalized spacial score (nSPS) is 14.2. The molecule has 0 fully saturated rings. The first-order chi connectivity index (χ1) is 8.07. The van der Waals surface area contributed by atoms with Crippen LogP contribution in [0.1, 0.15) is 6.92 Å². The first-order valence-corrected chi connectivity index (χ1v) is 5.27. The van der Waals surface area contributed by atoms with E-state index in [0.717, 1.165) is 10.9 Å². The lowest BCUT2D eigenvalue weighted by molar-refractivity contribution is 0.343. The Labute approximate surface area is 99.4 Å². The lowest BCUT2D eigenvalue weighted by Gasteiger charge is -2.16. The Morgan fingerprint density at radius 1 is 1.53 bits per heavy atom. The van der Waals surface area contributed by atoms with Crippen molar-refractivity contribution in [3.63, 3.8) is 0 Å². The Bertz CT molecular complexity index is 580. The van der Waals surface area contributed by atoms with Gasteiger partial charge in [-0.25, -0.2) is 4.68 Å². The van der Waals surface area contributed by atoms with Gasteiger partial charge < -0.3 is 10.5 Å². The second-order valence-corrected chi connectivity index (χ2v) is 4.21. The molecule has 0 aliphatic carbocycles. The van der Waals surface area contributed by atoms with Gasteiger partial charge in [0, 0.05) is 0 Å². The van der Waals surface area contributed by atoms with Crippen LogP contribution in [0.4, 0.5) is 0 Å². The summed E-state index contributed by atoms with van der Waals surface area (Å²) < 4.78 is 6.96. The Kier molecular flexibility index (Phi) is 2.74. The molecule has 0 radical (unpaired) electrons. The largest absolute Gasteiger partial charge is 0.481 e. The van der Waals surface area contributed by atoms with Crippen molar-refractivity contribution in [2.24, 2.45) is 5.73 Å². The van der Waals surface area contributed by atoms with Gasteiger partial charge in [-0.15, -0.1) is 0 Å². The standard InChI is InChI=1S/C12H14N4O/c1-12(14,7-13)8-16-11(17-2)9-5-3-4-6-10(9)15-16/h3-6H,8,14H2,1-2H3/t12-/m1/s1. The number of fused-ring (bicyclic) bond motifs is 1. The fourth-order valence-corrected chi connectivity index (χ4v) is 1.73. The number of methoxy groups -OCH3 is 1. The van der Waals surface area contributed by atoms with E-state index in [-0.39, 0.29) is 0 Å². The Balaban J connectivity index is 2.51. The number of nitrogens with two attached hydrogens (primary N) is 1. The number of benzene rings is 1. The lowest BCUT2D eigenvalue weighted by atomic mass is 10.1. The van der Waals surface area contributed by atoms with Crippen LogP contribution >= 0.6 is 0 Å². The molecule has 5 nitrogen and oxygen atoms in total. The van der Waals surface area contributed by atoms with Crippen molar-refractivity contribution < 1.29 is 4.74 Å². The van der Waals surface area contributed by atoms with Gasteiger partial charge in [-0.1, -0.05) is 12.1 Å². The van der Waals surface area contributed by atoms with Gasteiger partial charge in [0.1, 0.15) is 5.54 Å². The number of ether oxygens (including phenoxy) is 1.